The lowest BCUT2D eigenvalue weighted by atomic mass is 9.92. The fourth-order valence-electron chi connectivity index (χ4n) is 4.41. The summed E-state index contributed by atoms with van der Waals surface area (Å²) in [4.78, 5) is 14.2. The number of aliphatic hydroxyl groups excluding tert-OH is 1. The Hall–Kier alpha value is -1.97. The van der Waals surface area contributed by atoms with Gasteiger partial charge in [-0.3, -0.25) is 0 Å². The molecule has 5 N–H and O–H groups in total. The van der Waals surface area contributed by atoms with Crippen LogP contribution in [0.1, 0.15) is 57.4 Å². The SMILES string of the molecule is NC1CCC(Nc2nc(NCCOCCO)c3ncn(C4CCCC4)c3n2)CC1. The predicted octanol–water partition coefficient (Wildman–Crippen LogP) is 2.04. The normalized spacial score (nSPS) is 23.0. The lowest BCUT2D eigenvalue weighted by molar-refractivity contribution is 0.0992. The van der Waals surface area contributed by atoms with Crippen molar-refractivity contribution in [1.29, 1.82) is 0 Å². The lowest BCUT2D eigenvalue weighted by Gasteiger charge is -2.27. The molecule has 2 aromatic rings. The molecule has 160 valence electrons. The number of anilines is 2. The molecule has 2 aliphatic carbocycles. The van der Waals surface area contributed by atoms with E-state index in [1.165, 1.54) is 25.7 Å². The maximum absolute atomic E-state index is 8.84. The van der Waals surface area contributed by atoms with E-state index in [1.54, 1.807) is 0 Å². The van der Waals surface area contributed by atoms with Crippen molar-refractivity contribution in [2.24, 2.45) is 5.73 Å². The largest absolute Gasteiger partial charge is 0.394 e. The van der Waals surface area contributed by atoms with Gasteiger partial charge in [-0.05, 0) is 38.5 Å². The van der Waals surface area contributed by atoms with Gasteiger partial charge in [0, 0.05) is 24.7 Å². The number of ether oxygens (including phenoxy) is 1. The number of nitrogens with one attached hydrogen (secondary N) is 2. The number of nitrogens with two attached hydrogens (primary N) is 1. The van der Waals surface area contributed by atoms with Crippen molar-refractivity contribution in [1.82, 2.24) is 19.5 Å². The summed E-state index contributed by atoms with van der Waals surface area (Å²) in [6.07, 6.45) is 10.9. The van der Waals surface area contributed by atoms with Crippen molar-refractivity contribution in [2.45, 2.75) is 69.5 Å². The van der Waals surface area contributed by atoms with Gasteiger partial charge in [-0.15, -0.1) is 0 Å². The summed E-state index contributed by atoms with van der Waals surface area (Å²) in [5.41, 5.74) is 7.74. The third-order valence-electron chi connectivity index (χ3n) is 6.02. The first-order valence-corrected chi connectivity index (χ1v) is 10.9. The van der Waals surface area contributed by atoms with Crippen LogP contribution in [0.25, 0.3) is 11.2 Å². The van der Waals surface area contributed by atoms with E-state index in [1.807, 2.05) is 6.33 Å². The Bertz CT molecular complexity index is 782. The Morgan fingerprint density at radius 2 is 1.90 bits per heavy atom. The Labute approximate surface area is 171 Å². The second kappa shape index (κ2) is 9.69. The monoisotopic (exact) mass is 403 g/mol. The maximum atomic E-state index is 8.84. The van der Waals surface area contributed by atoms with Crippen LogP contribution in [-0.4, -0.2) is 63.1 Å². The highest BCUT2D eigenvalue weighted by molar-refractivity contribution is 5.84. The molecule has 2 aromatic heterocycles. The second-order valence-corrected chi connectivity index (χ2v) is 8.18. The summed E-state index contributed by atoms with van der Waals surface area (Å²) in [6.45, 7) is 1.47. The molecule has 2 heterocycles. The summed E-state index contributed by atoms with van der Waals surface area (Å²) >= 11 is 0. The van der Waals surface area contributed by atoms with Gasteiger partial charge >= 0.3 is 0 Å². The first-order valence-electron chi connectivity index (χ1n) is 10.9. The van der Waals surface area contributed by atoms with Crippen LogP contribution in [0.3, 0.4) is 0 Å². The molecular formula is C20H33N7O2. The fraction of sp³-hybridized carbons (Fsp3) is 0.750. The Kier molecular flexibility index (Phi) is 6.78. The van der Waals surface area contributed by atoms with E-state index in [-0.39, 0.29) is 6.61 Å². The fourth-order valence-corrected chi connectivity index (χ4v) is 4.41. The lowest BCUT2D eigenvalue weighted by Crippen LogP contribution is -2.33. The molecule has 0 atom stereocenters. The van der Waals surface area contributed by atoms with Gasteiger partial charge in [-0.25, -0.2) is 4.98 Å². The van der Waals surface area contributed by atoms with E-state index in [2.05, 4.69) is 20.2 Å². The number of hydrogen-bond acceptors (Lipinski definition) is 8. The zero-order chi connectivity index (χ0) is 20.1. The van der Waals surface area contributed by atoms with Crippen LogP contribution in [0.15, 0.2) is 6.33 Å². The van der Waals surface area contributed by atoms with Crippen LogP contribution in [-0.2, 0) is 4.74 Å². The van der Waals surface area contributed by atoms with E-state index < -0.39 is 0 Å². The first-order chi connectivity index (χ1) is 14.2. The molecule has 29 heavy (non-hydrogen) atoms. The first kappa shape index (κ1) is 20.3. The van der Waals surface area contributed by atoms with Gasteiger partial charge in [0.25, 0.3) is 0 Å². The minimum Gasteiger partial charge on any atom is -0.394 e. The summed E-state index contributed by atoms with van der Waals surface area (Å²) < 4.78 is 7.58. The van der Waals surface area contributed by atoms with Crippen LogP contribution < -0.4 is 16.4 Å². The van der Waals surface area contributed by atoms with Gasteiger partial charge in [-0.2, -0.15) is 9.97 Å². The number of aliphatic hydroxyl groups is 1. The molecule has 0 radical (unpaired) electrons. The third kappa shape index (κ3) is 4.96. The average molecular weight is 404 g/mol. The number of hydrogen-bond donors (Lipinski definition) is 4. The number of rotatable bonds is 9. The topological polar surface area (TPSA) is 123 Å². The summed E-state index contributed by atoms with van der Waals surface area (Å²) in [6, 6.07) is 1.14. The van der Waals surface area contributed by atoms with E-state index in [0.29, 0.717) is 43.8 Å². The molecule has 4 rings (SSSR count). The highest BCUT2D eigenvalue weighted by Gasteiger charge is 2.23. The summed E-state index contributed by atoms with van der Waals surface area (Å²) in [5, 5.41) is 15.7. The molecule has 2 aliphatic rings. The predicted molar refractivity (Wildman–Crippen MR) is 113 cm³/mol. The molecule has 9 heteroatoms. The number of aromatic nitrogens is 4. The van der Waals surface area contributed by atoms with Crippen molar-refractivity contribution < 1.29 is 9.84 Å². The molecule has 2 fully saturated rings. The molecule has 0 saturated heterocycles. The van der Waals surface area contributed by atoms with Crippen LogP contribution in [0, 0.1) is 0 Å². The molecule has 9 nitrogen and oxygen atoms in total. The Balaban J connectivity index is 1.55. The quantitative estimate of drug-likeness (QED) is 0.469. The van der Waals surface area contributed by atoms with Gasteiger partial charge in [0.1, 0.15) is 0 Å². The maximum Gasteiger partial charge on any atom is 0.227 e. The third-order valence-corrected chi connectivity index (χ3v) is 6.02. The highest BCUT2D eigenvalue weighted by Crippen LogP contribution is 2.33. The van der Waals surface area contributed by atoms with Crippen LogP contribution in [0.4, 0.5) is 11.8 Å². The van der Waals surface area contributed by atoms with Gasteiger partial charge in [-0.1, -0.05) is 12.8 Å². The van der Waals surface area contributed by atoms with Crippen LogP contribution >= 0.6 is 0 Å². The standard InChI is InChI=1S/C20H33N7O2/c21-14-5-7-15(8-6-14)24-20-25-18(22-9-11-29-12-10-28)17-19(26-20)27(13-23-17)16-3-1-2-4-16/h13-16,28H,1-12,21H2,(H2,22,24,25,26). The van der Waals surface area contributed by atoms with Gasteiger partial charge in [0.2, 0.25) is 5.95 Å². The van der Waals surface area contributed by atoms with E-state index in [4.69, 9.17) is 25.5 Å². The van der Waals surface area contributed by atoms with Crippen molar-refractivity contribution in [3.8, 4) is 0 Å². The zero-order valence-electron chi connectivity index (χ0n) is 17.0. The van der Waals surface area contributed by atoms with Gasteiger partial charge < -0.3 is 30.8 Å². The Morgan fingerprint density at radius 1 is 1.10 bits per heavy atom. The molecule has 0 bridgehead atoms. The molecule has 0 aromatic carbocycles. The molecule has 2 saturated carbocycles. The van der Waals surface area contributed by atoms with Crippen molar-refractivity contribution in [2.75, 3.05) is 37.0 Å². The number of nitrogens with zero attached hydrogens (tertiary/aromatic N) is 4. The van der Waals surface area contributed by atoms with Gasteiger partial charge in [0.15, 0.2) is 17.0 Å². The zero-order valence-corrected chi connectivity index (χ0v) is 17.0. The van der Waals surface area contributed by atoms with Crippen molar-refractivity contribution in [3.63, 3.8) is 0 Å². The van der Waals surface area contributed by atoms with Crippen LogP contribution in [0.2, 0.25) is 0 Å². The molecule has 0 spiro atoms. The van der Waals surface area contributed by atoms with Gasteiger partial charge in [0.05, 0.1) is 26.1 Å². The minimum atomic E-state index is 0.0304. The Morgan fingerprint density at radius 3 is 2.66 bits per heavy atom. The van der Waals surface area contributed by atoms with Crippen molar-refractivity contribution in [3.05, 3.63) is 6.33 Å². The number of imidazole rings is 1. The van der Waals surface area contributed by atoms with E-state index in [0.717, 1.165) is 42.7 Å². The summed E-state index contributed by atoms with van der Waals surface area (Å²) in [7, 11) is 0. The molecule has 0 unspecified atom stereocenters. The van der Waals surface area contributed by atoms with E-state index >= 15 is 0 Å². The molecular weight excluding hydrogens is 370 g/mol. The second-order valence-electron chi connectivity index (χ2n) is 8.18. The minimum absolute atomic E-state index is 0.0304. The summed E-state index contributed by atoms with van der Waals surface area (Å²) in [5.74, 6) is 1.38. The number of fused-ring (bicyclic) bond motifs is 1. The van der Waals surface area contributed by atoms with E-state index in [9.17, 15) is 0 Å². The molecule has 0 amide bonds. The molecule has 0 aliphatic heterocycles. The van der Waals surface area contributed by atoms with Crippen LogP contribution in [0.5, 0.6) is 0 Å². The van der Waals surface area contributed by atoms with Crippen molar-refractivity contribution >= 4 is 22.9 Å². The smallest absolute Gasteiger partial charge is 0.227 e. The highest BCUT2D eigenvalue weighted by atomic mass is 16.5. The average Bonchev–Trinajstić information content (AvgIpc) is 3.39.